The summed E-state index contributed by atoms with van der Waals surface area (Å²) in [7, 11) is 1.54. The molecule has 8 nitrogen and oxygen atoms in total. The van der Waals surface area contributed by atoms with Gasteiger partial charge < -0.3 is 15.0 Å². The van der Waals surface area contributed by atoms with Crippen LogP contribution in [-0.4, -0.2) is 39.7 Å². The molecule has 1 aliphatic carbocycles. The molecule has 1 saturated carbocycles. The number of nitrogens with one attached hydrogen (secondary N) is 1. The van der Waals surface area contributed by atoms with Crippen LogP contribution in [0.1, 0.15) is 30.9 Å². The van der Waals surface area contributed by atoms with Crippen molar-refractivity contribution in [1.29, 1.82) is 0 Å². The second-order valence-electron chi connectivity index (χ2n) is 9.21. The molecular weight excluding hydrogens is 461 g/mol. The predicted octanol–water partition coefficient (Wildman–Crippen LogP) is 3.94. The molecule has 9 heteroatoms. The summed E-state index contributed by atoms with van der Waals surface area (Å²) in [6.45, 7) is 0. The smallest absolute Gasteiger partial charge is 0.229 e. The Morgan fingerprint density at radius 1 is 1.08 bits per heavy atom. The van der Waals surface area contributed by atoms with Crippen molar-refractivity contribution in [1.82, 2.24) is 20.1 Å². The highest BCUT2D eigenvalue weighted by atomic mass is 19.1. The molecule has 0 radical (unpaired) electrons. The third kappa shape index (κ3) is 3.96. The van der Waals surface area contributed by atoms with Crippen molar-refractivity contribution in [3.05, 3.63) is 78.4 Å². The molecule has 36 heavy (non-hydrogen) atoms. The number of ether oxygens (including phenoxy) is 1. The van der Waals surface area contributed by atoms with Crippen LogP contribution in [-0.2, 0) is 9.59 Å². The first-order valence-electron chi connectivity index (χ1n) is 11.9. The lowest BCUT2D eigenvalue weighted by atomic mass is 10.00. The minimum Gasteiger partial charge on any atom is -0.481 e. The van der Waals surface area contributed by atoms with E-state index in [0.29, 0.717) is 11.6 Å². The standard InChI is InChI=1S/C27H24FN5O3/c1-36-24-13-17(10-11-29-24)26-22(31-27(35)16-2-3-16)14-25(34)32(26)21-8-9-23-18(12-21)15-30-33(23)20-6-4-19(28)5-7-20/h4-13,15-16,22,26H,2-3,14H2,1H3,(H,31,35)/t22-,26+/m1/s1. The summed E-state index contributed by atoms with van der Waals surface area (Å²) < 4.78 is 20.4. The van der Waals surface area contributed by atoms with Crippen LogP contribution in [0.25, 0.3) is 16.6 Å². The Kier molecular flexibility index (Phi) is 5.40. The predicted molar refractivity (Wildman–Crippen MR) is 131 cm³/mol. The van der Waals surface area contributed by atoms with Crippen molar-refractivity contribution < 1.29 is 18.7 Å². The highest BCUT2D eigenvalue weighted by Crippen LogP contribution is 2.40. The number of methoxy groups -OCH3 is 1. The molecule has 182 valence electrons. The van der Waals surface area contributed by atoms with Crippen LogP contribution >= 0.6 is 0 Å². The molecular formula is C27H24FN5O3. The minimum absolute atomic E-state index is 0.00306. The van der Waals surface area contributed by atoms with E-state index < -0.39 is 6.04 Å². The highest BCUT2D eigenvalue weighted by Gasteiger charge is 2.44. The molecule has 2 aromatic carbocycles. The number of aromatic nitrogens is 3. The molecule has 2 amide bonds. The van der Waals surface area contributed by atoms with E-state index in [0.717, 1.165) is 35.0 Å². The van der Waals surface area contributed by atoms with Gasteiger partial charge in [0.05, 0.1) is 36.6 Å². The number of pyridine rings is 1. The zero-order valence-corrected chi connectivity index (χ0v) is 19.6. The summed E-state index contributed by atoms with van der Waals surface area (Å²) in [6, 6.07) is 14.7. The normalized spacial score (nSPS) is 19.6. The maximum absolute atomic E-state index is 13.4. The van der Waals surface area contributed by atoms with Gasteiger partial charge in [0.1, 0.15) is 5.82 Å². The quantitative estimate of drug-likeness (QED) is 0.447. The third-order valence-corrected chi connectivity index (χ3v) is 6.81. The number of hydrogen-bond donors (Lipinski definition) is 1. The van der Waals surface area contributed by atoms with Crippen molar-refractivity contribution in [3.8, 4) is 11.6 Å². The van der Waals surface area contributed by atoms with Crippen molar-refractivity contribution in [2.75, 3.05) is 12.0 Å². The fourth-order valence-electron chi connectivity index (χ4n) is 4.87. The van der Waals surface area contributed by atoms with Crippen molar-refractivity contribution in [3.63, 3.8) is 0 Å². The fraction of sp³-hybridized carbons (Fsp3) is 0.259. The van der Waals surface area contributed by atoms with E-state index in [1.54, 1.807) is 47.3 Å². The van der Waals surface area contributed by atoms with Gasteiger partial charge in [0.15, 0.2) is 0 Å². The van der Waals surface area contributed by atoms with Crippen molar-refractivity contribution in [2.24, 2.45) is 5.92 Å². The van der Waals surface area contributed by atoms with Gasteiger partial charge in [-0.25, -0.2) is 14.1 Å². The summed E-state index contributed by atoms with van der Waals surface area (Å²) in [5, 5.41) is 8.42. The molecule has 2 aliphatic rings. The number of carbonyl (C=O) groups is 2. The van der Waals surface area contributed by atoms with Crippen LogP contribution in [0.2, 0.25) is 0 Å². The minimum atomic E-state index is -0.415. The molecule has 1 aliphatic heterocycles. The largest absolute Gasteiger partial charge is 0.481 e. The number of benzene rings is 2. The fourth-order valence-corrected chi connectivity index (χ4v) is 4.87. The first-order valence-corrected chi connectivity index (χ1v) is 11.9. The van der Waals surface area contributed by atoms with Gasteiger partial charge in [0.2, 0.25) is 17.7 Å². The first kappa shape index (κ1) is 22.2. The molecule has 6 rings (SSSR count). The van der Waals surface area contributed by atoms with Crippen LogP contribution in [0.4, 0.5) is 10.1 Å². The van der Waals surface area contributed by atoms with Gasteiger partial charge >= 0.3 is 0 Å². The molecule has 2 atom stereocenters. The maximum atomic E-state index is 13.4. The summed E-state index contributed by atoms with van der Waals surface area (Å²) in [5.41, 5.74) is 3.10. The Morgan fingerprint density at radius 2 is 1.86 bits per heavy atom. The summed E-state index contributed by atoms with van der Waals surface area (Å²) >= 11 is 0. The van der Waals surface area contributed by atoms with Crippen LogP contribution in [0, 0.1) is 11.7 Å². The maximum Gasteiger partial charge on any atom is 0.229 e. The number of carbonyl (C=O) groups excluding carboxylic acids is 2. The number of fused-ring (bicyclic) bond motifs is 1. The lowest BCUT2D eigenvalue weighted by molar-refractivity contribution is -0.123. The number of nitrogens with zero attached hydrogens (tertiary/aromatic N) is 4. The lowest BCUT2D eigenvalue weighted by Gasteiger charge is -2.29. The molecule has 0 bridgehead atoms. The van der Waals surface area contributed by atoms with E-state index in [1.807, 2.05) is 24.3 Å². The highest BCUT2D eigenvalue weighted by molar-refractivity contribution is 6.00. The number of amides is 2. The summed E-state index contributed by atoms with van der Waals surface area (Å²) in [5.74, 6) is 0.0801. The van der Waals surface area contributed by atoms with Gasteiger partial charge in [0.25, 0.3) is 0 Å². The molecule has 4 aromatic rings. The van der Waals surface area contributed by atoms with Gasteiger partial charge in [-0.05, 0) is 66.9 Å². The van der Waals surface area contributed by atoms with Crippen LogP contribution < -0.4 is 15.0 Å². The molecule has 1 saturated heterocycles. The van der Waals surface area contributed by atoms with Gasteiger partial charge in [-0.2, -0.15) is 5.10 Å². The van der Waals surface area contributed by atoms with Crippen molar-refractivity contribution in [2.45, 2.75) is 31.3 Å². The average Bonchev–Trinajstić information content (AvgIpc) is 3.59. The first-order chi connectivity index (χ1) is 17.5. The zero-order chi connectivity index (χ0) is 24.8. The molecule has 2 aromatic heterocycles. The lowest BCUT2D eigenvalue weighted by Crippen LogP contribution is -2.40. The number of rotatable bonds is 6. The van der Waals surface area contributed by atoms with E-state index in [1.165, 1.54) is 12.1 Å². The average molecular weight is 486 g/mol. The Labute approximate surface area is 206 Å². The van der Waals surface area contributed by atoms with Gasteiger partial charge in [0, 0.05) is 35.7 Å². The molecule has 2 fully saturated rings. The molecule has 1 N–H and O–H groups in total. The van der Waals surface area contributed by atoms with Gasteiger partial charge in [-0.3, -0.25) is 9.59 Å². The second-order valence-corrected chi connectivity index (χ2v) is 9.21. The Bertz CT molecular complexity index is 1460. The molecule has 0 unspecified atom stereocenters. The zero-order valence-electron chi connectivity index (χ0n) is 19.6. The second kappa shape index (κ2) is 8.75. The third-order valence-electron chi connectivity index (χ3n) is 6.81. The van der Waals surface area contributed by atoms with Crippen molar-refractivity contribution >= 4 is 28.4 Å². The Balaban J connectivity index is 1.39. The molecule has 0 spiro atoms. The van der Waals surface area contributed by atoms with E-state index in [9.17, 15) is 14.0 Å². The van der Waals surface area contributed by atoms with Crippen LogP contribution in [0.15, 0.2) is 67.0 Å². The number of halogens is 1. The van der Waals surface area contributed by atoms with Crippen LogP contribution in [0.3, 0.4) is 0 Å². The number of hydrogen-bond acceptors (Lipinski definition) is 5. The van der Waals surface area contributed by atoms with E-state index in [-0.39, 0.29) is 36.0 Å². The topological polar surface area (TPSA) is 89.4 Å². The summed E-state index contributed by atoms with van der Waals surface area (Å²) in [6.07, 6.45) is 5.34. The Morgan fingerprint density at radius 3 is 2.61 bits per heavy atom. The SMILES string of the molecule is COc1cc([C@H]2[C@H](NC(=O)C3CC3)CC(=O)N2c2ccc3c(cnn3-c3ccc(F)cc3)c2)ccn1. The van der Waals surface area contributed by atoms with E-state index in [2.05, 4.69) is 15.4 Å². The van der Waals surface area contributed by atoms with Gasteiger partial charge in [-0.1, -0.05) is 0 Å². The summed E-state index contributed by atoms with van der Waals surface area (Å²) in [4.78, 5) is 31.9. The number of anilines is 1. The monoisotopic (exact) mass is 485 g/mol. The Hall–Kier alpha value is -4.27. The molecule has 3 heterocycles. The van der Waals surface area contributed by atoms with Crippen LogP contribution in [0.5, 0.6) is 5.88 Å². The van der Waals surface area contributed by atoms with Gasteiger partial charge in [-0.15, -0.1) is 0 Å². The van der Waals surface area contributed by atoms with E-state index in [4.69, 9.17) is 4.74 Å². The van der Waals surface area contributed by atoms with E-state index >= 15 is 0 Å².